The van der Waals surface area contributed by atoms with E-state index in [2.05, 4.69) is 342 Å². The smallest absolute Gasteiger partial charge is 0.0725 e. The maximum absolute atomic E-state index is 4.22. The standard InChI is InChI=1S/C17H33N3.5C16H31N3.C15H29N3.C14H27N3/c1-15(2)10-8-6-5-7-9-13-20-17(14-18-19-20)12-11-16(3)4;1-14(2)9-5-6-11-16-13-17-18-19(16)12-8-7-10-15(3)4;1-14(2)9-6-5-7-12-19-16(13-17-18-19)11-8-10-15(3)4;1-14(2)9-6-5-7-11-16-13-17-18-19(16)12-8-10-15(3)4;1-14(2)9-7-5-6-8-12-19-16(13-17-18-19)11-10-15(3)4;1-14(2)9-7-5-6-8-10-16-13-17-18-19(16)12-11-15(3)4;1-13(2)8-5-6-10-15-12-16-17-18(15)11-7-9-14(3)4;1-12(2)7-5-6-8-14-11-15-16-17(14)10-9-13(3)4/h14-16H,5-13H2,1-4H3;5*13-15H,5-12H2,1-4H3;12-14H,5-11H2,1-4H3;11-13H,5-10H2,1-4H3. The molecule has 0 bridgehead atoms. The molecular weight excluding hydrogens is 1850 g/mol. The molecule has 0 aliphatic heterocycles. The Morgan fingerprint density at radius 3 is 0.467 bits per heavy atom. The number of unbranched alkanes of at least 4 members (excludes halogenated alkanes) is 18. The molecule has 8 heterocycles. The Bertz CT molecular complexity index is 4020. The van der Waals surface area contributed by atoms with Gasteiger partial charge in [0.05, 0.1) is 95.1 Å². The van der Waals surface area contributed by atoms with E-state index >= 15 is 0 Å². The van der Waals surface area contributed by atoms with Crippen LogP contribution in [0.1, 0.15) is 562 Å². The van der Waals surface area contributed by atoms with Crippen molar-refractivity contribution in [2.45, 2.75) is 621 Å². The maximum Gasteiger partial charge on any atom is 0.0725 e. The molecule has 8 rings (SSSR count). The van der Waals surface area contributed by atoms with Crippen LogP contribution in [0, 0.1) is 94.7 Å². The summed E-state index contributed by atoms with van der Waals surface area (Å²) >= 11 is 0. The van der Waals surface area contributed by atoms with Gasteiger partial charge in [0.25, 0.3) is 0 Å². The van der Waals surface area contributed by atoms with Crippen molar-refractivity contribution in [3.05, 3.63) is 95.1 Å². The van der Waals surface area contributed by atoms with E-state index in [9.17, 15) is 0 Å². The minimum atomic E-state index is 0.730. The highest BCUT2D eigenvalue weighted by molar-refractivity contribution is 5.00. The normalized spacial score (nSPS) is 11.7. The van der Waals surface area contributed by atoms with Gasteiger partial charge < -0.3 is 0 Å². The first kappa shape index (κ1) is 141. The minimum absolute atomic E-state index is 0.730. The van der Waals surface area contributed by atoms with Gasteiger partial charge in [-0.15, -0.1) is 40.8 Å². The average Bonchev–Trinajstić information content (AvgIpc) is 1.82. The van der Waals surface area contributed by atoms with Crippen LogP contribution < -0.4 is 0 Å². The Labute approximate surface area is 924 Å². The van der Waals surface area contributed by atoms with Crippen LogP contribution in [-0.2, 0) is 104 Å². The second-order valence-corrected chi connectivity index (χ2v) is 51.1. The maximum atomic E-state index is 4.22. The topological polar surface area (TPSA) is 246 Å². The molecule has 0 unspecified atom stereocenters. The zero-order valence-electron chi connectivity index (χ0n) is 104. The highest BCUT2D eigenvalue weighted by Gasteiger charge is 2.16. The fourth-order valence-electron chi connectivity index (χ4n) is 18.1. The third-order valence-corrected chi connectivity index (χ3v) is 28.1. The summed E-state index contributed by atoms with van der Waals surface area (Å²) in [4.78, 5) is 0. The summed E-state index contributed by atoms with van der Waals surface area (Å²) in [7, 11) is 0. The van der Waals surface area contributed by atoms with Crippen molar-refractivity contribution in [3.8, 4) is 0 Å². The zero-order chi connectivity index (χ0) is 111. The molecule has 0 atom stereocenters. The third-order valence-electron chi connectivity index (χ3n) is 28.1. The van der Waals surface area contributed by atoms with Gasteiger partial charge in [0.2, 0.25) is 0 Å². The Kier molecular flexibility index (Phi) is 86.8. The molecule has 0 radical (unpaired) electrons. The van der Waals surface area contributed by atoms with E-state index in [1.54, 1.807) is 0 Å². The predicted octanol–water partition coefficient (Wildman–Crippen LogP) is 35.0. The van der Waals surface area contributed by atoms with Crippen molar-refractivity contribution < 1.29 is 0 Å². The van der Waals surface area contributed by atoms with Crippen molar-refractivity contribution in [1.29, 1.82) is 0 Å². The molecule has 8 aromatic heterocycles. The lowest BCUT2D eigenvalue weighted by Crippen LogP contribution is -2.07. The number of hydrogen-bond acceptors (Lipinski definition) is 16. The van der Waals surface area contributed by atoms with Gasteiger partial charge in [0.1, 0.15) is 0 Å². The number of aromatic nitrogens is 24. The fourth-order valence-corrected chi connectivity index (χ4v) is 18.1. The SMILES string of the molecule is CC(C)CCCCCCCn1nncc1CCC(C)C.CC(C)CCCCCCc1cnnn1CCC(C)C.CC(C)CCCCCCn1nncc1CCC(C)C.CC(C)CCCCCc1cnnn1CCCC(C)C.CC(C)CCCCCn1nncc1CCCC(C)C.CC(C)CCCCc1cnnn1CCC(C)C.CC(C)CCCCc1cnnn1CCCC(C)C.CC(C)CCCCc1cnnn1CCCCC(C)C. The van der Waals surface area contributed by atoms with E-state index in [1.807, 2.05) is 49.6 Å². The highest BCUT2D eigenvalue weighted by Crippen LogP contribution is 2.23. The van der Waals surface area contributed by atoms with E-state index in [0.717, 1.165) is 198 Å². The van der Waals surface area contributed by atoms with Gasteiger partial charge in [-0.3, -0.25) is 0 Å². The van der Waals surface area contributed by atoms with Crippen molar-refractivity contribution >= 4 is 0 Å². The van der Waals surface area contributed by atoms with E-state index in [0.29, 0.717) is 0 Å². The number of rotatable bonds is 78. The molecule has 150 heavy (non-hydrogen) atoms. The van der Waals surface area contributed by atoms with Crippen LogP contribution >= 0.6 is 0 Å². The first-order chi connectivity index (χ1) is 71.7. The van der Waals surface area contributed by atoms with Crippen molar-refractivity contribution in [2.75, 3.05) is 0 Å². The number of hydrogen-bond donors (Lipinski definition) is 0. The summed E-state index contributed by atoms with van der Waals surface area (Å²) < 4.78 is 16.8. The molecule has 0 saturated carbocycles. The number of aryl methyl sites for hydroxylation is 16. The second-order valence-electron chi connectivity index (χ2n) is 51.1. The average molecular weight is 2100 g/mol. The Hall–Kier alpha value is -6.88. The lowest BCUT2D eigenvalue weighted by Gasteiger charge is -2.08. The van der Waals surface area contributed by atoms with E-state index < -0.39 is 0 Å². The van der Waals surface area contributed by atoms with Crippen LogP contribution in [0.4, 0.5) is 0 Å². The van der Waals surface area contributed by atoms with Crippen LogP contribution in [0.15, 0.2) is 49.6 Å². The lowest BCUT2D eigenvalue weighted by molar-refractivity contribution is 0.461. The fraction of sp³-hybridized carbons (Fsp3) is 0.873. The predicted molar refractivity (Wildman–Crippen MR) is 640 cm³/mol. The molecule has 868 valence electrons. The molecule has 24 nitrogen and oxygen atoms in total. The Morgan fingerprint density at radius 1 is 0.120 bits per heavy atom. The van der Waals surface area contributed by atoms with Gasteiger partial charge in [-0.2, -0.15) is 0 Å². The molecule has 24 heteroatoms. The van der Waals surface area contributed by atoms with Gasteiger partial charge in [0.15, 0.2) is 0 Å². The summed E-state index contributed by atoms with van der Waals surface area (Å²) in [5.41, 5.74) is 10.5. The minimum Gasteiger partial charge on any atom is -0.249 e. The lowest BCUT2D eigenvalue weighted by atomic mass is 10.0. The molecule has 0 N–H and O–H groups in total. The zero-order valence-corrected chi connectivity index (χ0v) is 104. The Balaban J connectivity index is 0.000000857. The molecule has 0 aromatic carbocycles. The number of nitrogens with zero attached hydrogens (tertiary/aromatic N) is 24. The molecular formula is C126H244N24. The van der Waals surface area contributed by atoms with Crippen LogP contribution in [0.2, 0.25) is 0 Å². The van der Waals surface area contributed by atoms with Gasteiger partial charge in [-0.25, -0.2) is 37.5 Å². The molecule has 0 aliphatic rings. The summed E-state index contributed by atoms with van der Waals surface area (Å²) in [6.07, 6.45) is 84.3. The summed E-state index contributed by atoms with van der Waals surface area (Å²) in [6.45, 7) is 81.3. The summed E-state index contributed by atoms with van der Waals surface area (Å²) in [6, 6.07) is 0. The Morgan fingerprint density at radius 2 is 0.247 bits per heavy atom. The van der Waals surface area contributed by atoms with Crippen LogP contribution in [0.25, 0.3) is 0 Å². The first-order valence-corrected chi connectivity index (χ1v) is 62.7. The van der Waals surface area contributed by atoms with E-state index in [4.69, 9.17) is 0 Å². The van der Waals surface area contributed by atoms with Crippen molar-refractivity contribution in [3.63, 3.8) is 0 Å². The monoisotopic (exact) mass is 2090 g/mol. The van der Waals surface area contributed by atoms with Gasteiger partial charge in [-0.1, -0.05) is 443 Å². The molecule has 8 aromatic rings. The second kappa shape index (κ2) is 92.3. The molecule has 0 aliphatic carbocycles. The molecule has 0 amide bonds. The van der Waals surface area contributed by atoms with Gasteiger partial charge >= 0.3 is 0 Å². The van der Waals surface area contributed by atoms with Gasteiger partial charge in [0, 0.05) is 52.4 Å². The van der Waals surface area contributed by atoms with E-state index in [-0.39, 0.29) is 0 Å². The van der Waals surface area contributed by atoms with Crippen LogP contribution in [0.3, 0.4) is 0 Å². The van der Waals surface area contributed by atoms with Crippen LogP contribution in [-0.4, -0.2) is 120 Å². The van der Waals surface area contributed by atoms with Gasteiger partial charge in [-0.05, 0) is 262 Å². The van der Waals surface area contributed by atoms with Crippen molar-refractivity contribution in [2.24, 2.45) is 94.7 Å². The summed E-state index contributed by atoms with van der Waals surface area (Å²) in [5.74, 6) is 12.8. The quantitative estimate of drug-likeness (QED) is 0.0322. The largest absolute Gasteiger partial charge is 0.249 e. The highest BCUT2D eigenvalue weighted by atomic mass is 15.5. The first-order valence-electron chi connectivity index (χ1n) is 62.7. The van der Waals surface area contributed by atoms with Crippen LogP contribution in [0.5, 0.6) is 0 Å². The molecule has 0 fully saturated rings. The summed E-state index contributed by atoms with van der Waals surface area (Å²) in [5, 5.41) is 66.0. The third kappa shape index (κ3) is 82.6. The van der Waals surface area contributed by atoms with Crippen molar-refractivity contribution in [1.82, 2.24) is 120 Å². The van der Waals surface area contributed by atoms with E-state index in [1.165, 1.54) is 341 Å². The molecule has 0 saturated heterocycles. The molecule has 0 spiro atoms.